The Kier molecular flexibility index (Phi) is 6.18. The van der Waals surface area contributed by atoms with Crippen molar-refractivity contribution in [2.24, 2.45) is 5.73 Å². The predicted octanol–water partition coefficient (Wildman–Crippen LogP) is 1.15. The molecule has 0 aliphatic rings. The number of nitrogens with one attached hydrogen (secondary N) is 1. The Morgan fingerprint density at radius 1 is 1.29 bits per heavy atom. The number of hydrogen-bond acceptors (Lipinski definition) is 5. The predicted molar refractivity (Wildman–Crippen MR) is 82.6 cm³/mol. The summed E-state index contributed by atoms with van der Waals surface area (Å²) in [5.74, 6) is 0. The van der Waals surface area contributed by atoms with E-state index >= 15 is 0 Å². The second-order valence-corrected chi connectivity index (χ2v) is 8.81. The van der Waals surface area contributed by atoms with Gasteiger partial charge in [0.1, 0.15) is 4.90 Å². The van der Waals surface area contributed by atoms with Crippen molar-refractivity contribution < 1.29 is 16.8 Å². The first-order valence-corrected chi connectivity index (χ1v) is 10.1. The maximum atomic E-state index is 12.3. The van der Waals surface area contributed by atoms with Gasteiger partial charge in [-0.05, 0) is 24.6 Å². The molecule has 0 aliphatic carbocycles. The van der Waals surface area contributed by atoms with Gasteiger partial charge in [-0.3, -0.25) is 0 Å². The first-order valence-electron chi connectivity index (χ1n) is 6.33. The van der Waals surface area contributed by atoms with Crippen molar-refractivity contribution >= 4 is 31.5 Å². The van der Waals surface area contributed by atoms with Crippen molar-refractivity contribution in [3.8, 4) is 0 Å². The highest BCUT2D eigenvalue weighted by Crippen LogP contribution is 2.25. The van der Waals surface area contributed by atoms with Gasteiger partial charge in [-0.2, -0.15) is 0 Å². The minimum Gasteiger partial charge on any atom is -0.329 e. The summed E-state index contributed by atoms with van der Waals surface area (Å²) < 4.78 is 50.2. The lowest BCUT2D eigenvalue weighted by Gasteiger charge is -2.17. The second-order valence-electron chi connectivity index (χ2n) is 4.71. The first kappa shape index (κ1) is 18.4. The molecule has 0 amide bonds. The molecule has 6 nitrogen and oxygen atoms in total. The van der Waals surface area contributed by atoms with Gasteiger partial charge in [-0.1, -0.05) is 24.9 Å². The molecule has 21 heavy (non-hydrogen) atoms. The lowest BCUT2D eigenvalue weighted by molar-refractivity contribution is 0.527. The summed E-state index contributed by atoms with van der Waals surface area (Å²) in [5.41, 5.74) is 5.53. The maximum absolute atomic E-state index is 12.3. The molecule has 0 aliphatic heterocycles. The molecular formula is C12H19ClN2O4S2. The van der Waals surface area contributed by atoms with E-state index in [-0.39, 0.29) is 21.4 Å². The zero-order valence-corrected chi connectivity index (χ0v) is 14.2. The molecule has 1 aromatic carbocycles. The van der Waals surface area contributed by atoms with Crippen molar-refractivity contribution in [2.45, 2.75) is 35.6 Å². The topological polar surface area (TPSA) is 106 Å². The number of nitrogens with two attached hydrogens (primary N) is 1. The summed E-state index contributed by atoms with van der Waals surface area (Å²) in [6, 6.07) is 3.16. The van der Waals surface area contributed by atoms with Crippen LogP contribution in [0.25, 0.3) is 0 Å². The number of sulfone groups is 1. The molecule has 9 heteroatoms. The highest BCUT2D eigenvalue weighted by Gasteiger charge is 2.23. The smallest absolute Gasteiger partial charge is 0.242 e. The molecule has 0 fully saturated rings. The van der Waals surface area contributed by atoms with Crippen molar-refractivity contribution in [3.63, 3.8) is 0 Å². The molecule has 0 bridgehead atoms. The number of hydrogen-bond donors (Lipinski definition) is 2. The van der Waals surface area contributed by atoms with Crippen LogP contribution in [0.5, 0.6) is 0 Å². The molecule has 1 rings (SSSR count). The molecule has 3 N–H and O–H groups in total. The van der Waals surface area contributed by atoms with E-state index in [9.17, 15) is 16.8 Å². The molecule has 0 saturated carbocycles. The average Bonchev–Trinajstić information content (AvgIpc) is 2.36. The highest BCUT2D eigenvalue weighted by atomic mass is 35.5. The normalized spacial score (nSPS) is 14.1. The number of rotatable bonds is 7. The van der Waals surface area contributed by atoms with Gasteiger partial charge in [0.05, 0.1) is 9.92 Å². The molecule has 1 unspecified atom stereocenters. The van der Waals surface area contributed by atoms with Crippen molar-refractivity contribution in [1.82, 2.24) is 4.72 Å². The molecule has 0 heterocycles. The van der Waals surface area contributed by atoms with E-state index in [1.54, 1.807) is 0 Å². The van der Waals surface area contributed by atoms with Crippen LogP contribution in [-0.4, -0.2) is 35.7 Å². The zero-order chi connectivity index (χ0) is 16.3. The second kappa shape index (κ2) is 7.06. The van der Waals surface area contributed by atoms with Crippen LogP contribution < -0.4 is 10.5 Å². The van der Waals surface area contributed by atoms with Gasteiger partial charge in [0, 0.05) is 18.8 Å². The van der Waals surface area contributed by atoms with E-state index < -0.39 is 25.9 Å². The molecule has 0 saturated heterocycles. The number of sulfonamides is 1. The van der Waals surface area contributed by atoms with Gasteiger partial charge < -0.3 is 5.73 Å². The average molecular weight is 355 g/mol. The van der Waals surface area contributed by atoms with E-state index in [0.717, 1.165) is 18.7 Å². The monoisotopic (exact) mass is 354 g/mol. The summed E-state index contributed by atoms with van der Waals surface area (Å²) in [4.78, 5) is -0.367. The molecule has 1 atom stereocenters. The van der Waals surface area contributed by atoms with Crippen LogP contribution in [0.2, 0.25) is 5.02 Å². The fourth-order valence-electron chi connectivity index (χ4n) is 1.78. The van der Waals surface area contributed by atoms with Gasteiger partial charge >= 0.3 is 0 Å². The van der Waals surface area contributed by atoms with Crippen LogP contribution in [-0.2, 0) is 19.9 Å². The summed E-state index contributed by atoms with van der Waals surface area (Å²) in [7, 11) is -7.46. The van der Waals surface area contributed by atoms with E-state index in [0.29, 0.717) is 6.42 Å². The van der Waals surface area contributed by atoms with Crippen molar-refractivity contribution in [1.29, 1.82) is 0 Å². The van der Waals surface area contributed by atoms with Gasteiger partial charge in [-0.25, -0.2) is 21.6 Å². The Morgan fingerprint density at radius 2 is 1.90 bits per heavy atom. The highest BCUT2D eigenvalue weighted by molar-refractivity contribution is 7.91. The largest absolute Gasteiger partial charge is 0.329 e. The third kappa shape index (κ3) is 4.93. The molecular weight excluding hydrogens is 336 g/mol. The fraction of sp³-hybridized carbons (Fsp3) is 0.500. The van der Waals surface area contributed by atoms with E-state index in [1.807, 2.05) is 6.92 Å². The quantitative estimate of drug-likeness (QED) is 0.763. The van der Waals surface area contributed by atoms with Crippen LogP contribution in [0.4, 0.5) is 0 Å². The Morgan fingerprint density at radius 3 is 2.38 bits per heavy atom. The van der Waals surface area contributed by atoms with Gasteiger partial charge in [0.15, 0.2) is 9.84 Å². The molecule has 0 radical (unpaired) electrons. The van der Waals surface area contributed by atoms with E-state index in [2.05, 4.69) is 4.72 Å². The molecule has 1 aromatic rings. The Bertz CT molecular complexity index is 702. The lowest BCUT2D eigenvalue weighted by atomic mass is 10.2. The summed E-state index contributed by atoms with van der Waals surface area (Å²) in [6.45, 7) is 2.06. The number of halogens is 1. The van der Waals surface area contributed by atoms with Gasteiger partial charge in [0.2, 0.25) is 10.0 Å². The van der Waals surface area contributed by atoms with E-state index in [1.165, 1.54) is 12.1 Å². The van der Waals surface area contributed by atoms with Crippen LogP contribution in [0.3, 0.4) is 0 Å². The fourth-order valence-corrected chi connectivity index (χ4v) is 4.31. The third-order valence-corrected chi connectivity index (χ3v) is 5.98. The molecule has 0 spiro atoms. The Hall–Kier alpha value is -0.670. The van der Waals surface area contributed by atoms with Crippen molar-refractivity contribution in [2.75, 3.05) is 12.8 Å². The third-order valence-electron chi connectivity index (χ3n) is 2.86. The zero-order valence-electron chi connectivity index (χ0n) is 11.8. The van der Waals surface area contributed by atoms with Crippen LogP contribution in [0.1, 0.15) is 19.8 Å². The lowest BCUT2D eigenvalue weighted by Crippen LogP contribution is -2.40. The molecule has 0 aromatic heterocycles. The Balaban J connectivity index is 3.25. The van der Waals surface area contributed by atoms with Crippen LogP contribution in [0.15, 0.2) is 28.0 Å². The summed E-state index contributed by atoms with van der Waals surface area (Å²) in [6.07, 6.45) is 2.35. The van der Waals surface area contributed by atoms with E-state index in [4.69, 9.17) is 17.3 Å². The van der Waals surface area contributed by atoms with Gasteiger partial charge in [0.25, 0.3) is 0 Å². The van der Waals surface area contributed by atoms with Crippen molar-refractivity contribution in [3.05, 3.63) is 23.2 Å². The SMILES string of the molecule is CCCC(CN)NS(=O)(=O)c1cc(S(C)(=O)=O)ccc1Cl. The van der Waals surface area contributed by atoms with Crippen LogP contribution in [0, 0.1) is 0 Å². The van der Waals surface area contributed by atoms with Crippen LogP contribution >= 0.6 is 11.6 Å². The molecule has 120 valence electrons. The minimum atomic E-state index is -3.93. The minimum absolute atomic E-state index is 0.0397. The maximum Gasteiger partial charge on any atom is 0.242 e. The first-order chi connectivity index (χ1) is 9.61. The Labute approximate surface area is 130 Å². The summed E-state index contributed by atoms with van der Waals surface area (Å²) in [5, 5.41) is -0.0397. The van der Waals surface area contributed by atoms with Gasteiger partial charge in [-0.15, -0.1) is 0 Å². The number of benzene rings is 1. The summed E-state index contributed by atoms with van der Waals surface area (Å²) >= 11 is 5.89. The standard InChI is InChI=1S/C12H19ClN2O4S2/c1-3-4-9(8-14)15-21(18,19)12-7-10(20(2,16)17)5-6-11(12)13/h5-7,9,15H,3-4,8,14H2,1-2H3.